The van der Waals surface area contributed by atoms with Crippen LogP contribution in [0, 0.1) is 5.41 Å². The van der Waals surface area contributed by atoms with Crippen molar-refractivity contribution in [2.45, 2.75) is 32.2 Å². The molecule has 5 nitrogen and oxygen atoms in total. The van der Waals surface area contributed by atoms with Crippen LogP contribution in [0.25, 0.3) is 0 Å². The van der Waals surface area contributed by atoms with Gasteiger partial charge in [-0.15, -0.1) is 0 Å². The summed E-state index contributed by atoms with van der Waals surface area (Å²) in [5.74, 6) is 0.0469. The highest BCUT2D eigenvalue weighted by atomic mass is 16.2. The van der Waals surface area contributed by atoms with Crippen LogP contribution in [-0.2, 0) is 6.54 Å². The van der Waals surface area contributed by atoms with Crippen LogP contribution >= 0.6 is 0 Å². The number of carbonyl (C=O) groups excluding carboxylic acids is 1. The fraction of sp³-hybridized carbons (Fsp3) is 0.467. The molecule has 1 aromatic carbocycles. The first-order chi connectivity index (χ1) is 9.66. The van der Waals surface area contributed by atoms with Gasteiger partial charge in [-0.2, -0.15) is 0 Å². The smallest absolute Gasteiger partial charge is 0.317 e. The fourth-order valence-corrected chi connectivity index (χ4v) is 2.41. The summed E-state index contributed by atoms with van der Waals surface area (Å²) in [4.78, 5) is 14.0. The summed E-state index contributed by atoms with van der Waals surface area (Å²) < 4.78 is 0. The molecule has 4 N–H and O–H groups in total. The largest absolute Gasteiger partial charge is 0.384 e. The number of amides is 2. The summed E-state index contributed by atoms with van der Waals surface area (Å²) in [6.07, 6.45) is 4.61. The molecular weight excluding hydrogens is 252 g/mol. The van der Waals surface area contributed by atoms with E-state index < -0.39 is 0 Å². The lowest BCUT2D eigenvalue weighted by Crippen LogP contribution is -2.40. The molecule has 2 rings (SSSR count). The van der Waals surface area contributed by atoms with Crippen molar-refractivity contribution in [3.63, 3.8) is 0 Å². The third kappa shape index (κ3) is 3.98. The van der Waals surface area contributed by atoms with Gasteiger partial charge in [-0.3, -0.25) is 5.41 Å². The topological polar surface area (TPSA) is 82.2 Å². The van der Waals surface area contributed by atoms with Crippen LogP contribution in [0.3, 0.4) is 0 Å². The molecule has 0 spiro atoms. The maximum absolute atomic E-state index is 12.1. The zero-order valence-corrected chi connectivity index (χ0v) is 11.7. The minimum absolute atomic E-state index is 0.000119. The maximum atomic E-state index is 12.1. The maximum Gasteiger partial charge on any atom is 0.317 e. The van der Waals surface area contributed by atoms with Gasteiger partial charge in [0.1, 0.15) is 5.84 Å². The minimum Gasteiger partial charge on any atom is -0.384 e. The van der Waals surface area contributed by atoms with Crippen molar-refractivity contribution < 1.29 is 4.79 Å². The highest BCUT2D eigenvalue weighted by Gasteiger charge is 2.14. The number of carbonyl (C=O) groups is 1. The van der Waals surface area contributed by atoms with E-state index in [0.717, 1.165) is 31.5 Å². The van der Waals surface area contributed by atoms with E-state index in [9.17, 15) is 4.79 Å². The molecule has 1 aromatic rings. The summed E-state index contributed by atoms with van der Waals surface area (Å²) in [5.41, 5.74) is 7.11. The molecule has 1 aliphatic rings. The van der Waals surface area contributed by atoms with E-state index in [1.54, 1.807) is 6.07 Å². The Balaban J connectivity index is 1.89. The van der Waals surface area contributed by atoms with Crippen molar-refractivity contribution in [2.24, 2.45) is 5.73 Å². The van der Waals surface area contributed by atoms with E-state index in [4.69, 9.17) is 11.1 Å². The lowest BCUT2D eigenvalue weighted by Gasteiger charge is -2.20. The van der Waals surface area contributed by atoms with Gasteiger partial charge in [-0.1, -0.05) is 31.0 Å². The molecule has 0 radical (unpaired) electrons. The molecule has 1 saturated heterocycles. The summed E-state index contributed by atoms with van der Waals surface area (Å²) in [6, 6.07) is 7.41. The van der Waals surface area contributed by atoms with Crippen LogP contribution in [0.1, 0.15) is 36.8 Å². The highest BCUT2D eigenvalue weighted by molar-refractivity contribution is 5.95. The van der Waals surface area contributed by atoms with Crippen molar-refractivity contribution >= 4 is 11.9 Å². The Bertz CT molecular complexity index is 479. The SMILES string of the molecule is N=C(N)c1cccc(CNC(=O)N2CCCCCC2)c1. The molecule has 2 amide bonds. The molecular formula is C15H22N4O. The lowest BCUT2D eigenvalue weighted by molar-refractivity contribution is 0.199. The number of hydrogen-bond acceptors (Lipinski definition) is 2. The average molecular weight is 274 g/mol. The van der Waals surface area contributed by atoms with E-state index in [0.29, 0.717) is 12.1 Å². The number of hydrogen-bond donors (Lipinski definition) is 3. The van der Waals surface area contributed by atoms with Crippen molar-refractivity contribution in [2.75, 3.05) is 13.1 Å². The summed E-state index contributed by atoms with van der Waals surface area (Å²) in [5, 5.41) is 10.4. The minimum atomic E-state index is 0.000119. The second-order valence-electron chi connectivity index (χ2n) is 5.17. The molecule has 0 aliphatic carbocycles. The molecule has 108 valence electrons. The van der Waals surface area contributed by atoms with Gasteiger partial charge in [0.15, 0.2) is 0 Å². The van der Waals surface area contributed by atoms with Crippen molar-refractivity contribution in [1.82, 2.24) is 10.2 Å². The van der Waals surface area contributed by atoms with Gasteiger partial charge in [0.2, 0.25) is 0 Å². The number of nitrogen functional groups attached to an aromatic ring is 1. The van der Waals surface area contributed by atoms with Crippen LogP contribution in [0.4, 0.5) is 4.79 Å². The van der Waals surface area contributed by atoms with Gasteiger partial charge in [0.05, 0.1) is 0 Å². The quantitative estimate of drug-likeness (QED) is 0.582. The van der Waals surface area contributed by atoms with Gasteiger partial charge in [-0.25, -0.2) is 4.79 Å². The first-order valence-electron chi connectivity index (χ1n) is 7.13. The third-order valence-corrected chi connectivity index (χ3v) is 3.58. The Morgan fingerprint density at radius 3 is 2.60 bits per heavy atom. The van der Waals surface area contributed by atoms with Crippen molar-refractivity contribution in [3.8, 4) is 0 Å². The van der Waals surface area contributed by atoms with Crippen LogP contribution in [0.5, 0.6) is 0 Å². The molecule has 20 heavy (non-hydrogen) atoms. The van der Waals surface area contributed by atoms with E-state index in [-0.39, 0.29) is 11.9 Å². The number of nitrogens with one attached hydrogen (secondary N) is 2. The molecule has 0 bridgehead atoms. The van der Waals surface area contributed by atoms with Gasteiger partial charge in [0, 0.05) is 25.2 Å². The Morgan fingerprint density at radius 1 is 1.25 bits per heavy atom. The highest BCUT2D eigenvalue weighted by Crippen LogP contribution is 2.10. The van der Waals surface area contributed by atoms with Gasteiger partial charge < -0.3 is 16.0 Å². The number of urea groups is 1. The van der Waals surface area contributed by atoms with Crippen LogP contribution in [0.2, 0.25) is 0 Å². The summed E-state index contributed by atoms with van der Waals surface area (Å²) >= 11 is 0. The fourth-order valence-electron chi connectivity index (χ4n) is 2.41. The van der Waals surface area contributed by atoms with Gasteiger partial charge >= 0.3 is 6.03 Å². The molecule has 1 heterocycles. The molecule has 1 aliphatic heterocycles. The number of nitrogens with zero attached hydrogens (tertiary/aromatic N) is 1. The predicted molar refractivity (Wildman–Crippen MR) is 79.7 cm³/mol. The second-order valence-corrected chi connectivity index (χ2v) is 5.17. The first kappa shape index (κ1) is 14.4. The monoisotopic (exact) mass is 274 g/mol. The van der Waals surface area contributed by atoms with E-state index in [2.05, 4.69) is 5.32 Å². The molecule has 0 unspecified atom stereocenters. The molecule has 0 saturated carbocycles. The number of likely N-dealkylation sites (tertiary alicyclic amines) is 1. The third-order valence-electron chi connectivity index (χ3n) is 3.58. The number of amidine groups is 1. The number of nitrogens with two attached hydrogens (primary N) is 1. The summed E-state index contributed by atoms with van der Waals surface area (Å²) in [7, 11) is 0. The Hall–Kier alpha value is -2.04. The molecule has 1 fully saturated rings. The van der Waals surface area contributed by atoms with E-state index >= 15 is 0 Å². The molecule has 5 heteroatoms. The average Bonchev–Trinajstić information content (AvgIpc) is 2.74. The van der Waals surface area contributed by atoms with Crippen molar-refractivity contribution in [1.29, 1.82) is 5.41 Å². The second kappa shape index (κ2) is 6.93. The first-order valence-corrected chi connectivity index (χ1v) is 7.13. The standard InChI is InChI=1S/C15H22N4O/c16-14(17)13-7-5-6-12(10-13)11-18-15(20)19-8-3-1-2-4-9-19/h5-7,10H,1-4,8-9,11H2,(H3,16,17)(H,18,20). The Labute approximate surface area is 119 Å². The van der Waals surface area contributed by atoms with Gasteiger partial charge in [0.25, 0.3) is 0 Å². The number of rotatable bonds is 3. The van der Waals surface area contributed by atoms with E-state index in [1.165, 1.54) is 12.8 Å². The Morgan fingerprint density at radius 2 is 1.95 bits per heavy atom. The van der Waals surface area contributed by atoms with Gasteiger partial charge in [-0.05, 0) is 24.5 Å². The number of benzene rings is 1. The van der Waals surface area contributed by atoms with Crippen LogP contribution in [0.15, 0.2) is 24.3 Å². The van der Waals surface area contributed by atoms with Crippen LogP contribution < -0.4 is 11.1 Å². The van der Waals surface area contributed by atoms with Crippen molar-refractivity contribution in [3.05, 3.63) is 35.4 Å². The van der Waals surface area contributed by atoms with E-state index in [1.807, 2.05) is 23.1 Å². The summed E-state index contributed by atoms with van der Waals surface area (Å²) in [6.45, 7) is 2.16. The normalized spacial score (nSPS) is 15.5. The zero-order chi connectivity index (χ0) is 14.4. The molecule has 0 atom stereocenters. The molecule has 0 aromatic heterocycles. The Kier molecular flexibility index (Phi) is 4.98. The predicted octanol–water partition coefficient (Wildman–Crippen LogP) is 2.06. The zero-order valence-electron chi connectivity index (χ0n) is 11.7. The lowest BCUT2D eigenvalue weighted by atomic mass is 10.1. The van der Waals surface area contributed by atoms with Crippen LogP contribution in [-0.4, -0.2) is 29.9 Å².